The quantitative estimate of drug-likeness (QED) is 0.814. The predicted molar refractivity (Wildman–Crippen MR) is 99.0 cm³/mol. The molecule has 1 aromatic heterocycles. The molecule has 2 aromatic rings. The molecule has 1 aliphatic rings. The second-order valence-corrected chi connectivity index (χ2v) is 6.56. The van der Waals surface area contributed by atoms with Crippen LogP contribution in [0.25, 0.3) is 0 Å². The summed E-state index contributed by atoms with van der Waals surface area (Å²) in [6, 6.07) is 8.68. The number of benzene rings is 1. The van der Waals surface area contributed by atoms with Gasteiger partial charge in [-0.15, -0.1) is 5.10 Å². The lowest BCUT2D eigenvalue weighted by Gasteiger charge is -2.16. The van der Waals surface area contributed by atoms with Crippen LogP contribution >= 0.6 is 0 Å². The number of anilines is 4. The Balaban J connectivity index is 1.64. The second kappa shape index (κ2) is 7.95. The van der Waals surface area contributed by atoms with Crippen LogP contribution in [0.1, 0.15) is 38.5 Å². The Bertz CT molecular complexity index is 632. The SMILES string of the molecule is CN(C)c1ccc(Nc2cnnc(NC3CCCCCC3)n2)cc1. The molecule has 6 nitrogen and oxygen atoms in total. The fourth-order valence-electron chi connectivity index (χ4n) is 3.02. The van der Waals surface area contributed by atoms with E-state index in [4.69, 9.17) is 0 Å². The van der Waals surface area contributed by atoms with E-state index >= 15 is 0 Å². The van der Waals surface area contributed by atoms with Crippen LogP contribution in [0.15, 0.2) is 30.5 Å². The monoisotopic (exact) mass is 326 g/mol. The van der Waals surface area contributed by atoms with Crippen molar-refractivity contribution in [1.29, 1.82) is 0 Å². The summed E-state index contributed by atoms with van der Waals surface area (Å²) in [5, 5.41) is 14.9. The van der Waals surface area contributed by atoms with E-state index in [1.54, 1.807) is 6.20 Å². The maximum absolute atomic E-state index is 4.54. The Morgan fingerprint density at radius 3 is 2.38 bits per heavy atom. The Morgan fingerprint density at radius 2 is 1.71 bits per heavy atom. The lowest BCUT2D eigenvalue weighted by molar-refractivity contribution is 0.613. The maximum Gasteiger partial charge on any atom is 0.244 e. The van der Waals surface area contributed by atoms with Gasteiger partial charge in [-0.1, -0.05) is 25.7 Å². The van der Waals surface area contributed by atoms with Crippen LogP contribution in [0.3, 0.4) is 0 Å². The van der Waals surface area contributed by atoms with Crippen LogP contribution < -0.4 is 15.5 Å². The average Bonchev–Trinajstić information content (AvgIpc) is 2.84. The molecule has 0 radical (unpaired) electrons. The molecule has 3 rings (SSSR count). The molecule has 1 fully saturated rings. The van der Waals surface area contributed by atoms with Crippen molar-refractivity contribution >= 4 is 23.1 Å². The summed E-state index contributed by atoms with van der Waals surface area (Å²) in [4.78, 5) is 6.62. The zero-order valence-corrected chi connectivity index (χ0v) is 14.5. The molecule has 0 saturated heterocycles. The molecule has 2 N–H and O–H groups in total. The minimum Gasteiger partial charge on any atom is -0.378 e. The molecule has 24 heavy (non-hydrogen) atoms. The van der Waals surface area contributed by atoms with Crippen molar-refractivity contribution in [1.82, 2.24) is 15.2 Å². The van der Waals surface area contributed by atoms with E-state index in [2.05, 4.69) is 42.8 Å². The van der Waals surface area contributed by atoms with Crippen LogP contribution in [-0.4, -0.2) is 35.3 Å². The van der Waals surface area contributed by atoms with Gasteiger partial charge in [-0.25, -0.2) is 0 Å². The molecule has 0 unspecified atom stereocenters. The summed E-state index contributed by atoms with van der Waals surface area (Å²) in [5.41, 5.74) is 2.15. The number of nitrogens with one attached hydrogen (secondary N) is 2. The number of nitrogens with zero attached hydrogens (tertiary/aromatic N) is 4. The minimum absolute atomic E-state index is 0.462. The summed E-state index contributed by atoms with van der Waals surface area (Å²) in [6.07, 6.45) is 9.25. The van der Waals surface area contributed by atoms with E-state index in [-0.39, 0.29) is 0 Å². The van der Waals surface area contributed by atoms with Crippen molar-refractivity contribution in [2.75, 3.05) is 29.6 Å². The van der Waals surface area contributed by atoms with Gasteiger partial charge in [0, 0.05) is 31.5 Å². The first-order valence-electron chi connectivity index (χ1n) is 8.71. The highest BCUT2D eigenvalue weighted by Crippen LogP contribution is 2.21. The smallest absolute Gasteiger partial charge is 0.244 e. The molecule has 1 aromatic carbocycles. The van der Waals surface area contributed by atoms with Crippen molar-refractivity contribution in [3.8, 4) is 0 Å². The second-order valence-electron chi connectivity index (χ2n) is 6.56. The zero-order valence-electron chi connectivity index (χ0n) is 14.5. The summed E-state index contributed by atoms with van der Waals surface area (Å²) in [6.45, 7) is 0. The van der Waals surface area contributed by atoms with Crippen LogP contribution in [0.5, 0.6) is 0 Å². The number of hydrogen-bond donors (Lipinski definition) is 2. The summed E-state index contributed by atoms with van der Waals surface area (Å²) in [7, 11) is 4.06. The summed E-state index contributed by atoms with van der Waals surface area (Å²) >= 11 is 0. The molecule has 0 bridgehead atoms. The van der Waals surface area contributed by atoms with Crippen molar-refractivity contribution < 1.29 is 0 Å². The van der Waals surface area contributed by atoms with E-state index in [0.717, 1.165) is 11.4 Å². The molecule has 6 heteroatoms. The first kappa shape index (κ1) is 16.5. The minimum atomic E-state index is 0.462. The van der Waals surface area contributed by atoms with Gasteiger partial charge >= 0.3 is 0 Å². The maximum atomic E-state index is 4.54. The molecule has 0 amide bonds. The van der Waals surface area contributed by atoms with Crippen LogP contribution in [-0.2, 0) is 0 Å². The van der Waals surface area contributed by atoms with Crippen molar-refractivity contribution in [3.05, 3.63) is 30.5 Å². The third-order valence-corrected chi connectivity index (χ3v) is 4.40. The Kier molecular flexibility index (Phi) is 5.46. The highest BCUT2D eigenvalue weighted by atomic mass is 15.3. The third-order valence-electron chi connectivity index (χ3n) is 4.40. The van der Waals surface area contributed by atoms with Gasteiger partial charge in [0.15, 0.2) is 5.82 Å². The number of rotatable bonds is 5. The molecular weight excluding hydrogens is 300 g/mol. The fourth-order valence-corrected chi connectivity index (χ4v) is 3.02. The standard InChI is InChI=1S/C18H26N6/c1-24(2)16-11-9-15(10-12-16)20-17-13-19-23-18(22-17)21-14-7-5-3-4-6-8-14/h9-14H,3-8H2,1-2H3,(H2,20,21,22,23). The summed E-state index contributed by atoms with van der Waals surface area (Å²) < 4.78 is 0. The van der Waals surface area contributed by atoms with Crippen molar-refractivity contribution in [2.45, 2.75) is 44.6 Å². The van der Waals surface area contributed by atoms with Gasteiger partial charge in [-0.2, -0.15) is 10.1 Å². The molecule has 1 aliphatic carbocycles. The molecule has 1 heterocycles. The van der Waals surface area contributed by atoms with Gasteiger partial charge in [-0.05, 0) is 37.1 Å². The molecule has 128 valence electrons. The van der Waals surface area contributed by atoms with Gasteiger partial charge in [0.05, 0.1) is 6.20 Å². The topological polar surface area (TPSA) is 66.0 Å². The van der Waals surface area contributed by atoms with Gasteiger partial charge in [0.1, 0.15) is 0 Å². The van der Waals surface area contributed by atoms with Gasteiger partial charge in [0.2, 0.25) is 5.95 Å². The van der Waals surface area contributed by atoms with E-state index in [1.165, 1.54) is 38.5 Å². The molecular formula is C18H26N6. The Hall–Kier alpha value is -2.37. The lowest BCUT2D eigenvalue weighted by Crippen LogP contribution is -2.20. The first-order chi connectivity index (χ1) is 11.7. The van der Waals surface area contributed by atoms with Crippen LogP contribution in [0.2, 0.25) is 0 Å². The van der Waals surface area contributed by atoms with Crippen LogP contribution in [0.4, 0.5) is 23.1 Å². The zero-order chi connectivity index (χ0) is 16.8. The van der Waals surface area contributed by atoms with Crippen molar-refractivity contribution in [3.63, 3.8) is 0 Å². The predicted octanol–water partition coefficient (Wildman–Crippen LogP) is 3.82. The summed E-state index contributed by atoms with van der Waals surface area (Å²) in [5.74, 6) is 1.32. The normalized spacial score (nSPS) is 15.6. The van der Waals surface area contributed by atoms with Crippen molar-refractivity contribution in [2.24, 2.45) is 0 Å². The van der Waals surface area contributed by atoms with Gasteiger partial charge < -0.3 is 15.5 Å². The van der Waals surface area contributed by atoms with E-state index in [1.807, 2.05) is 26.2 Å². The Morgan fingerprint density at radius 1 is 1.00 bits per heavy atom. The highest BCUT2D eigenvalue weighted by Gasteiger charge is 2.13. The molecule has 0 atom stereocenters. The first-order valence-corrected chi connectivity index (χ1v) is 8.71. The van der Waals surface area contributed by atoms with E-state index < -0.39 is 0 Å². The van der Waals surface area contributed by atoms with E-state index in [9.17, 15) is 0 Å². The highest BCUT2D eigenvalue weighted by molar-refractivity contribution is 5.60. The molecule has 0 aliphatic heterocycles. The lowest BCUT2D eigenvalue weighted by atomic mass is 10.1. The Labute approximate surface area is 143 Å². The largest absolute Gasteiger partial charge is 0.378 e. The number of hydrogen-bond acceptors (Lipinski definition) is 6. The fraction of sp³-hybridized carbons (Fsp3) is 0.500. The van der Waals surface area contributed by atoms with Gasteiger partial charge in [0.25, 0.3) is 0 Å². The molecule has 1 saturated carbocycles. The molecule has 0 spiro atoms. The third kappa shape index (κ3) is 4.57. The van der Waals surface area contributed by atoms with E-state index in [0.29, 0.717) is 17.8 Å². The van der Waals surface area contributed by atoms with Crippen LogP contribution in [0, 0.1) is 0 Å². The van der Waals surface area contributed by atoms with Gasteiger partial charge in [-0.3, -0.25) is 0 Å². The number of aromatic nitrogens is 3. The average molecular weight is 326 g/mol.